The first-order valence-corrected chi connectivity index (χ1v) is 11.8. The molecule has 202 valence electrons. The highest BCUT2D eigenvalue weighted by Gasteiger charge is 2.43. The van der Waals surface area contributed by atoms with Crippen LogP contribution in [0.2, 0.25) is 0 Å². The molecule has 0 aliphatic rings. The number of nitrogens with two attached hydrogens (primary N) is 2. The van der Waals surface area contributed by atoms with E-state index in [2.05, 4.69) is 9.97 Å². The Balaban J connectivity index is 1.58. The van der Waals surface area contributed by atoms with Crippen molar-refractivity contribution < 1.29 is 32.9 Å². The molecule has 0 saturated carbocycles. The van der Waals surface area contributed by atoms with Crippen molar-refractivity contribution in [3.05, 3.63) is 95.6 Å². The molecule has 3 aromatic carbocycles. The zero-order valence-corrected chi connectivity index (χ0v) is 20.5. The molecule has 0 amide bonds. The van der Waals surface area contributed by atoms with Crippen LogP contribution in [0.5, 0.6) is 5.88 Å². The van der Waals surface area contributed by atoms with E-state index in [1.807, 2.05) is 0 Å². The Morgan fingerprint density at radius 3 is 2.18 bits per heavy atom. The maximum Gasteiger partial charge on any atom is 0.429 e. The van der Waals surface area contributed by atoms with Gasteiger partial charge in [0.25, 0.3) is 0 Å². The number of carbonyl (C=O) groups is 1. The molecule has 0 fully saturated rings. The van der Waals surface area contributed by atoms with Crippen molar-refractivity contribution in [1.82, 2.24) is 9.97 Å². The first kappa shape index (κ1) is 27.6. The largest absolute Gasteiger partial charge is 0.480 e. The van der Waals surface area contributed by atoms with E-state index in [9.17, 15) is 23.1 Å². The second-order valence-corrected chi connectivity index (χ2v) is 8.82. The normalized spacial score (nSPS) is 13.1. The number of aromatic nitrogens is 2. The number of nitrogen functional groups attached to an aromatic ring is 1. The summed E-state index contributed by atoms with van der Waals surface area (Å²) in [4.78, 5) is 18.9. The third-order valence-corrected chi connectivity index (χ3v) is 5.93. The summed E-state index contributed by atoms with van der Waals surface area (Å²) in [5.74, 6) is -1.77. The first-order valence-electron chi connectivity index (χ1n) is 11.8. The Labute approximate surface area is 221 Å². The molecule has 0 radical (unpaired) electrons. The van der Waals surface area contributed by atoms with Gasteiger partial charge in [0, 0.05) is 17.2 Å². The van der Waals surface area contributed by atoms with Gasteiger partial charge in [-0.25, -0.2) is 4.98 Å². The molecular weight excluding hydrogens is 513 g/mol. The van der Waals surface area contributed by atoms with Gasteiger partial charge in [0.05, 0.1) is 12.3 Å². The smallest absolute Gasteiger partial charge is 0.429 e. The van der Waals surface area contributed by atoms with Gasteiger partial charge in [0.2, 0.25) is 17.9 Å². The molecule has 0 aliphatic heterocycles. The number of alkyl halides is 3. The monoisotopic (exact) mass is 538 g/mol. The lowest BCUT2D eigenvalue weighted by Gasteiger charge is -2.22. The number of aliphatic carboxylic acids is 1. The van der Waals surface area contributed by atoms with Gasteiger partial charge in [0.1, 0.15) is 6.04 Å². The van der Waals surface area contributed by atoms with Crippen molar-refractivity contribution in [3.63, 3.8) is 0 Å². The maximum absolute atomic E-state index is 14.1. The zero-order valence-electron chi connectivity index (χ0n) is 20.5. The molecule has 1 heterocycles. The highest BCUT2D eigenvalue weighted by atomic mass is 19.4. The van der Waals surface area contributed by atoms with Gasteiger partial charge >= 0.3 is 12.1 Å². The average molecular weight is 539 g/mol. The molecule has 6 N–H and O–H groups in total. The second kappa shape index (κ2) is 11.5. The molecule has 39 heavy (non-hydrogen) atoms. The SMILES string of the molecule is Nc1nc(O[C@H](c2ccc(-c3cccc(CO)c3)cc2)C(F)(F)F)cc(-c2ccc(C[C@H](N)C(=O)O)cc2)n1. The van der Waals surface area contributed by atoms with Crippen LogP contribution in [0.15, 0.2) is 78.9 Å². The highest BCUT2D eigenvalue weighted by Crippen LogP contribution is 2.38. The van der Waals surface area contributed by atoms with Crippen LogP contribution in [0.3, 0.4) is 0 Å². The van der Waals surface area contributed by atoms with Gasteiger partial charge in [-0.2, -0.15) is 18.2 Å². The molecule has 4 rings (SSSR count). The number of halogens is 3. The number of carboxylic acids is 1. The number of hydrogen-bond donors (Lipinski definition) is 4. The van der Waals surface area contributed by atoms with E-state index in [-0.39, 0.29) is 36.1 Å². The predicted molar refractivity (Wildman–Crippen MR) is 138 cm³/mol. The summed E-state index contributed by atoms with van der Waals surface area (Å²) < 4.78 is 47.5. The van der Waals surface area contributed by atoms with Crippen molar-refractivity contribution >= 4 is 11.9 Å². The Morgan fingerprint density at radius 2 is 1.56 bits per heavy atom. The minimum absolute atomic E-state index is 0.106. The number of aliphatic hydroxyl groups is 1. The van der Waals surface area contributed by atoms with Gasteiger partial charge in [-0.15, -0.1) is 0 Å². The molecule has 0 bridgehead atoms. The molecule has 0 spiro atoms. The molecule has 11 heteroatoms. The maximum atomic E-state index is 14.1. The highest BCUT2D eigenvalue weighted by molar-refractivity contribution is 5.73. The fraction of sp³-hybridized carbons (Fsp3) is 0.179. The molecule has 0 aliphatic carbocycles. The van der Waals surface area contributed by atoms with Gasteiger partial charge in [-0.05, 0) is 34.7 Å². The summed E-state index contributed by atoms with van der Waals surface area (Å²) in [6.07, 6.45) is -6.98. The summed E-state index contributed by atoms with van der Waals surface area (Å²) in [7, 11) is 0. The summed E-state index contributed by atoms with van der Waals surface area (Å²) in [6, 6.07) is 19.5. The summed E-state index contributed by atoms with van der Waals surface area (Å²) in [6.45, 7) is -0.150. The number of benzene rings is 3. The van der Waals surface area contributed by atoms with Crippen molar-refractivity contribution in [2.45, 2.75) is 31.3 Å². The van der Waals surface area contributed by atoms with Crippen molar-refractivity contribution in [2.24, 2.45) is 5.73 Å². The van der Waals surface area contributed by atoms with Gasteiger partial charge in [-0.3, -0.25) is 4.79 Å². The van der Waals surface area contributed by atoms with Crippen molar-refractivity contribution in [1.29, 1.82) is 0 Å². The van der Waals surface area contributed by atoms with Gasteiger partial charge in [-0.1, -0.05) is 66.7 Å². The van der Waals surface area contributed by atoms with Crippen LogP contribution >= 0.6 is 0 Å². The van der Waals surface area contributed by atoms with E-state index in [0.717, 1.165) is 5.56 Å². The number of carboxylic acid groups (broad SMARTS) is 1. The Morgan fingerprint density at radius 1 is 0.897 bits per heavy atom. The van der Waals surface area contributed by atoms with Crippen LogP contribution < -0.4 is 16.2 Å². The van der Waals surface area contributed by atoms with Crippen LogP contribution in [-0.4, -0.2) is 38.4 Å². The minimum atomic E-state index is -4.76. The Hall–Kier alpha value is -4.48. The summed E-state index contributed by atoms with van der Waals surface area (Å²) in [5, 5.41) is 18.3. The third kappa shape index (κ3) is 6.89. The zero-order chi connectivity index (χ0) is 28.2. The average Bonchev–Trinajstić information content (AvgIpc) is 2.91. The molecular formula is C28H25F3N4O4. The summed E-state index contributed by atoms with van der Waals surface area (Å²) >= 11 is 0. The number of anilines is 1. The lowest BCUT2D eigenvalue weighted by Crippen LogP contribution is -2.32. The molecule has 0 unspecified atom stereocenters. The van der Waals surface area contributed by atoms with E-state index in [1.54, 1.807) is 60.7 Å². The third-order valence-electron chi connectivity index (χ3n) is 5.93. The van der Waals surface area contributed by atoms with E-state index in [1.165, 1.54) is 18.2 Å². The van der Waals surface area contributed by atoms with E-state index in [4.69, 9.17) is 21.3 Å². The van der Waals surface area contributed by atoms with E-state index >= 15 is 0 Å². The fourth-order valence-electron chi connectivity index (χ4n) is 3.95. The Kier molecular flexibility index (Phi) is 8.12. The first-order chi connectivity index (χ1) is 18.5. The number of ether oxygens (including phenoxy) is 1. The topological polar surface area (TPSA) is 145 Å². The number of aliphatic hydroxyl groups excluding tert-OH is 1. The van der Waals surface area contributed by atoms with E-state index < -0.39 is 24.3 Å². The quantitative estimate of drug-likeness (QED) is 0.243. The van der Waals surface area contributed by atoms with Crippen LogP contribution in [0.25, 0.3) is 22.4 Å². The molecule has 2 atom stereocenters. The molecule has 0 saturated heterocycles. The number of nitrogens with zero attached hydrogens (tertiary/aromatic N) is 2. The lowest BCUT2D eigenvalue weighted by molar-refractivity contribution is -0.198. The second-order valence-electron chi connectivity index (χ2n) is 8.82. The summed E-state index contributed by atoms with van der Waals surface area (Å²) in [5.41, 5.74) is 14.7. The van der Waals surface area contributed by atoms with Crippen LogP contribution in [0.4, 0.5) is 19.1 Å². The Bertz CT molecular complexity index is 1440. The fourth-order valence-corrected chi connectivity index (χ4v) is 3.95. The lowest BCUT2D eigenvalue weighted by atomic mass is 10.00. The van der Waals surface area contributed by atoms with Gasteiger partial charge < -0.3 is 26.4 Å². The standard InChI is InChI=1S/C28H25F3N4O4/c29-28(30,31)25(20-10-8-18(9-11-20)21-3-1-2-17(12-21)15-36)39-24-14-23(34-27(33)35-24)19-6-4-16(5-7-19)13-22(32)26(37)38/h1-12,14,22,25,36H,13,15,32H2,(H,37,38)(H2,33,34,35)/t22-,25+/m0/s1. The molecule has 4 aromatic rings. The van der Waals surface area contributed by atoms with Crippen LogP contribution in [0.1, 0.15) is 22.8 Å². The number of hydrogen-bond acceptors (Lipinski definition) is 7. The van der Waals surface area contributed by atoms with Gasteiger partial charge in [0.15, 0.2) is 0 Å². The predicted octanol–water partition coefficient (Wildman–Crippen LogP) is 4.52. The molecule has 8 nitrogen and oxygen atoms in total. The van der Waals surface area contributed by atoms with Crippen LogP contribution in [-0.2, 0) is 17.8 Å². The van der Waals surface area contributed by atoms with E-state index in [0.29, 0.717) is 22.3 Å². The van der Waals surface area contributed by atoms with Crippen molar-refractivity contribution in [3.8, 4) is 28.3 Å². The minimum Gasteiger partial charge on any atom is -0.480 e. The molecule has 1 aromatic heterocycles. The van der Waals surface area contributed by atoms with Crippen molar-refractivity contribution in [2.75, 3.05) is 5.73 Å². The number of rotatable bonds is 9. The van der Waals surface area contributed by atoms with Crippen LogP contribution in [0, 0.1) is 0 Å².